The molecule has 0 spiro atoms. The Morgan fingerprint density at radius 2 is 1.26 bits per heavy atom. The average molecular weight is 541 g/mol. The van der Waals surface area contributed by atoms with E-state index in [9.17, 15) is 15.2 Å². The standard InChI is InChI=1S/C16H29NO2.C12H23NO2.2C2H6/c1-7-15(8-2)11-13(14(18)12(5)6)16(9-3,10-4)17(15)19;1-9(2)15-8-10-7-11(3,4)13(14)12(10,5)6;2*1-2/h11-12,19H,7-10H2,1-6H3;7,9,14H,8H2,1-6H3;2*1-2H3. The average Bonchev–Trinajstić information content (AvgIpc) is 3.24. The lowest BCUT2D eigenvalue weighted by Gasteiger charge is -2.43. The molecule has 0 radical (unpaired) electrons. The van der Waals surface area contributed by atoms with Gasteiger partial charge in [-0.1, -0.05) is 81.4 Å². The second-order valence-corrected chi connectivity index (χ2v) is 11.5. The molecule has 6 nitrogen and oxygen atoms in total. The van der Waals surface area contributed by atoms with Crippen molar-refractivity contribution in [1.82, 2.24) is 10.1 Å². The Morgan fingerprint density at radius 3 is 1.55 bits per heavy atom. The third-order valence-electron chi connectivity index (χ3n) is 7.89. The minimum atomic E-state index is -0.507. The van der Waals surface area contributed by atoms with E-state index < -0.39 is 5.54 Å². The number of carbonyl (C=O) groups is 1. The first-order chi connectivity index (χ1) is 17.5. The van der Waals surface area contributed by atoms with Gasteiger partial charge in [0.25, 0.3) is 0 Å². The van der Waals surface area contributed by atoms with Crippen molar-refractivity contribution in [1.29, 1.82) is 0 Å². The van der Waals surface area contributed by atoms with Gasteiger partial charge >= 0.3 is 0 Å². The third-order valence-corrected chi connectivity index (χ3v) is 7.89. The number of rotatable bonds is 9. The first-order valence-corrected chi connectivity index (χ1v) is 15.1. The minimum Gasteiger partial charge on any atom is -0.374 e. The molecule has 2 rings (SSSR count). The van der Waals surface area contributed by atoms with Gasteiger partial charge in [0, 0.05) is 11.5 Å². The summed E-state index contributed by atoms with van der Waals surface area (Å²) in [4.78, 5) is 12.5. The highest BCUT2D eigenvalue weighted by Crippen LogP contribution is 2.47. The van der Waals surface area contributed by atoms with Crippen LogP contribution in [-0.2, 0) is 9.53 Å². The molecule has 0 unspecified atom stereocenters. The van der Waals surface area contributed by atoms with Crippen LogP contribution < -0.4 is 0 Å². The molecular weight excluding hydrogens is 476 g/mol. The van der Waals surface area contributed by atoms with E-state index in [0.29, 0.717) is 6.61 Å². The van der Waals surface area contributed by atoms with E-state index in [0.717, 1.165) is 36.8 Å². The van der Waals surface area contributed by atoms with Crippen LogP contribution >= 0.6 is 0 Å². The summed E-state index contributed by atoms with van der Waals surface area (Å²) in [5.41, 5.74) is 0.430. The maximum Gasteiger partial charge on any atom is 0.163 e. The largest absolute Gasteiger partial charge is 0.374 e. The van der Waals surface area contributed by atoms with Crippen LogP contribution in [0.3, 0.4) is 0 Å². The van der Waals surface area contributed by atoms with E-state index >= 15 is 0 Å². The van der Waals surface area contributed by atoms with Gasteiger partial charge in [-0.15, -0.1) is 0 Å². The summed E-state index contributed by atoms with van der Waals surface area (Å²) in [5, 5.41) is 23.7. The number of hydrogen-bond donors (Lipinski definition) is 2. The molecule has 0 atom stereocenters. The van der Waals surface area contributed by atoms with Gasteiger partial charge < -0.3 is 15.2 Å². The summed E-state index contributed by atoms with van der Waals surface area (Å²) in [6.45, 7) is 32.7. The summed E-state index contributed by atoms with van der Waals surface area (Å²) >= 11 is 0. The Labute approximate surface area is 236 Å². The predicted molar refractivity (Wildman–Crippen MR) is 162 cm³/mol. The zero-order valence-electron chi connectivity index (χ0n) is 28.0. The Hall–Kier alpha value is -1.05. The molecule has 2 aliphatic rings. The van der Waals surface area contributed by atoms with Crippen molar-refractivity contribution in [2.24, 2.45) is 5.92 Å². The van der Waals surface area contributed by atoms with Gasteiger partial charge in [-0.05, 0) is 72.8 Å². The van der Waals surface area contributed by atoms with Gasteiger partial charge in [0.15, 0.2) is 5.78 Å². The lowest BCUT2D eigenvalue weighted by molar-refractivity contribution is -0.209. The molecule has 0 aromatic heterocycles. The van der Waals surface area contributed by atoms with Crippen LogP contribution in [0.5, 0.6) is 0 Å². The predicted octanol–water partition coefficient (Wildman–Crippen LogP) is 8.61. The number of carbonyl (C=O) groups excluding carboxylic acids is 1. The SMILES string of the molecule is CC.CC.CC(C)OCC1=CC(C)(C)N(O)C1(C)C.CCC1(CC)C=C(C(=O)C(C)C)C(CC)(CC)N1O. The van der Waals surface area contributed by atoms with E-state index in [-0.39, 0.29) is 34.4 Å². The van der Waals surface area contributed by atoms with Gasteiger partial charge in [0.05, 0.1) is 34.9 Å². The van der Waals surface area contributed by atoms with Gasteiger partial charge in [0.2, 0.25) is 0 Å². The molecule has 0 saturated heterocycles. The van der Waals surface area contributed by atoms with Crippen LogP contribution in [0, 0.1) is 5.92 Å². The van der Waals surface area contributed by atoms with E-state index in [1.807, 2.05) is 89.2 Å². The molecule has 0 aromatic carbocycles. The van der Waals surface area contributed by atoms with E-state index in [1.165, 1.54) is 10.1 Å². The summed E-state index contributed by atoms with van der Waals surface area (Å²) < 4.78 is 5.60. The quantitative estimate of drug-likeness (QED) is 0.285. The lowest BCUT2D eigenvalue weighted by atomic mass is 9.81. The Balaban J connectivity index is 0. The molecule has 0 aromatic rings. The van der Waals surface area contributed by atoms with Crippen molar-refractivity contribution in [3.8, 4) is 0 Å². The first-order valence-electron chi connectivity index (χ1n) is 15.1. The summed E-state index contributed by atoms with van der Waals surface area (Å²) in [7, 11) is 0. The topological polar surface area (TPSA) is 73.2 Å². The molecule has 226 valence electrons. The molecule has 0 bridgehead atoms. The molecule has 38 heavy (non-hydrogen) atoms. The van der Waals surface area contributed by atoms with Crippen LogP contribution in [0.25, 0.3) is 0 Å². The fraction of sp³-hybridized carbons (Fsp3) is 0.844. The van der Waals surface area contributed by atoms with E-state index in [4.69, 9.17) is 4.74 Å². The summed E-state index contributed by atoms with van der Waals surface area (Å²) in [6, 6.07) is 0. The smallest absolute Gasteiger partial charge is 0.163 e. The Bertz CT molecular complexity index is 757. The zero-order chi connectivity index (χ0) is 30.7. The van der Waals surface area contributed by atoms with Gasteiger partial charge in [-0.3, -0.25) is 4.79 Å². The number of hydroxylamine groups is 4. The Morgan fingerprint density at radius 1 is 0.816 bits per heavy atom. The van der Waals surface area contributed by atoms with Crippen molar-refractivity contribution < 1.29 is 19.9 Å². The molecule has 2 N–H and O–H groups in total. The van der Waals surface area contributed by atoms with E-state index in [1.54, 1.807) is 0 Å². The van der Waals surface area contributed by atoms with Crippen molar-refractivity contribution in [2.75, 3.05) is 6.61 Å². The number of nitrogens with zero attached hydrogens (tertiary/aromatic N) is 2. The van der Waals surface area contributed by atoms with Crippen LogP contribution in [0.4, 0.5) is 0 Å². The van der Waals surface area contributed by atoms with Crippen LogP contribution in [-0.4, -0.2) is 61.2 Å². The highest BCUT2D eigenvalue weighted by Gasteiger charge is 2.54. The van der Waals surface area contributed by atoms with Gasteiger partial charge in [-0.2, -0.15) is 10.1 Å². The molecule has 0 saturated carbocycles. The first kappa shape index (κ1) is 39.1. The van der Waals surface area contributed by atoms with Crippen LogP contribution in [0.15, 0.2) is 23.3 Å². The van der Waals surface area contributed by atoms with Crippen molar-refractivity contribution in [2.45, 2.75) is 165 Å². The fourth-order valence-electron chi connectivity index (χ4n) is 5.30. The molecule has 0 fully saturated rings. The maximum atomic E-state index is 12.5. The van der Waals surface area contributed by atoms with Crippen molar-refractivity contribution >= 4 is 5.78 Å². The second-order valence-electron chi connectivity index (χ2n) is 11.5. The molecular formula is C32H64N2O4. The fourth-order valence-corrected chi connectivity index (χ4v) is 5.30. The summed E-state index contributed by atoms with van der Waals surface area (Å²) in [6.07, 6.45) is 7.50. The highest BCUT2D eigenvalue weighted by molar-refractivity contribution is 5.99. The second kappa shape index (κ2) is 16.3. The van der Waals surface area contributed by atoms with Crippen molar-refractivity contribution in [3.63, 3.8) is 0 Å². The monoisotopic (exact) mass is 540 g/mol. The summed E-state index contributed by atoms with van der Waals surface area (Å²) in [5.74, 6) is 0.146. The van der Waals surface area contributed by atoms with Gasteiger partial charge in [0.1, 0.15) is 0 Å². The number of ether oxygens (including phenoxy) is 1. The molecule has 6 heteroatoms. The number of hydrogen-bond acceptors (Lipinski definition) is 6. The van der Waals surface area contributed by atoms with Crippen LogP contribution in [0.2, 0.25) is 0 Å². The zero-order valence-corrected chi connectivity index (χ0v) is 28.0. The normalized spacial score (nSPS) is 20.9. The van der Waals surface area contributed by atoms with E-state index in [2.05, 4.69) is 33.8 Å². The number of Topliss-reactive ketones (excluding diaryl/α,β-unsaturated/α-hetero) is 1. The third kappa shape index (κ3) is 8.23. The highest BCUT2D eigenvalue weighted by atomic mass is 16.5. The Kier molecular flexibility index (Phi) is 16.7. The lowest BCUT2D eigenvalue weighted by Crippen LogP contribution is -2.54. The van der Waals surface area contributed by atoms with Gasteiger partial charge in [-0.25, -0.2) is 0 Å². The number of ketones is 1. The molecule has 0 amide bonds. The molecule has 2 heterocycles. The maximum absolute atomic E-state index is 12.5. The molecule has 0 aliphatic carbocycles. The molecule has 2 aliphatic heterocycles. The van der Waals surface area contributed by atoms with Crippen molar-refractivity contribution in [3.05, 3.63) is 23.3 Å². The van der Waals surface area contributed by atoms with Crippen LogP contribution in [0.1, 0.15) is 136 Å². The minimum absolute atomic E-state index is 0.0263.